The van der Waals surface area contributed by atoms with E-state index >= 15 is 0 Å². The van der Waals surface area contributed by atoms with Gasteiger partial charge in [0.05, 0.1) is 6.61 Å². The van der Waals surface area contributed by atoms with Crippen LogP contribution in [0, 0.1) is 0 Å². The fourth-order valence-corrected chi connectivity index (χ4v) is 1.43. The summed E-state index contributed by atoms with van der Waals surface area (Å²) in [6, 6.07) is 5.68. The van der Waals surface area contributed by atoms with E-state index in [4.69, 9.17) is 5.11 Å². The molecule has 2 aromatic heterocycles. The lowest BCUT2D eigenvalue weighted by Crippen LogP contribution is -2.08. The Morgan fingerprint density at radius 1 is 1.17 bits per heavy atom. The Morgan fingerprint density at radius 3 is 2.72 bits per heavy atom. The minimum absolute atomic E-state index is 0.0719. The summed E-state index contributed by atoms with van der Waals surface area (Å²) in [5.41, 5.74) is 1.08. The van der Waals surface area contributed by atoms with Crippen molar-refractivity contribution in [1.29, 1.82) is 0 Å². The number of nitrogens with one attached hydrogen (secondary N) is 2. The molecule has 0 amide bonds. The van der Waals surface area contributed by atoms with Crippen LogP contribution in [0.5, 0.6) is 0 Å². The highest BCUT2D eigenvalue weighted by molar-refractivity contribution is 5.46. The molecule has 0 saturated carbocycles. The van der Waals surface area contributed by atoms with E-state index in [1.807, 2.05) is 12.1 Å². The summed E-state index contributed by atoms with van der Waals surface area (Å²) < 4.78 is 0. The largest absolute Gasteiger partial charge is 0.395 e. The molecular formula is C12H15N5O. The number of aromatic nitrogens is 3. The first-order valence-electron chi connectivity index (χ1n) is 5.68. The van der Waals surface area contributed by atoms with Gasteiger partial charge in [0.2, 0.25) is 0 Å². The number of rotatable bonds is 6. The molecule has 6 heteroatoms. The van der Waals surface area contributed by atoms with Crippen LogP contribution in [-0.2, 0) is 6.54 Å². The molecule has 0 aliphatic carbocycles. The molecule has 0 spiro atoms. The summed E-state index contributed by atoms with van der Waals surface area (Å²) in [5, 5.41) is 14.9. The van der Waals surface area contributed by atoms with Crippen LogP contribution in [0.2, 0.25) is 0 Å². The van der Waals surface area contributed by atoms with E-state index in [0.717, 1.165) is 11.4 Å². The van der Waals surface area contributed by atoms with E-state index < -0.39 is 0 Å². The van der Waals surface area contributed by atoms with Crippen LogP contribution in [0.25, 0.3) is 0 Å². The molecule has 0 aromatic carbocycles. The van der Waals surface area contributed by atoms with E-state index in [0.29, 0.717) is 18.9 Å². The third kappa shape index (κ3) is 3.67. The van der Waals surface area contributed by atoms with E-state index in [9.17, 15) is 0 Å². The fourth-order valence-electron chi connectivity index (χ4n) is 1.43. The number of anilines is 2. The van der Waals surface area contributed by atoms with Crippen LogP contribution >= 0.6 is 0 Å². The Kier molecular flexibility index (Phi) is 4.43. The van der Waals surface area contributed by atoms with Crippen LogP contribution in [0.1, 0.15) is 5.56 Å². The highest BCUT2D eigenvalue weighted by atomic mass is 16.3. The van der Waals surface area contributed by atoms with Gasteiger partial charge in [-0.2, -0.15) is 0 Å². The lowest BCUT2D eigenvalue weighted by molar-refractivity contribution is 0.311. The zero-order valence-electron chi connectivity index (χ0n) is 9.87. The van der Waals surface area contributed by atoms with Crippen molar-refractivity contribution >= 4 is 11.6 Å². The third-order valence-corrected chi connectivity index (χ3v) is 2.28. The molecule has 0 aliphatic heterocycles. The SMILES string of the molecule is OCCNc1cc(NCc2cccnc2)ncn1. The standard InChI is InChI=1S/C12H15N5O/c18-5-4-14-11-6-12(17-9-16-11)15-8-10-2-1-3-13-7-10/h1-3,6-7,9,18H,4-5,8H2,(H2,14,15,16,17). The van der Waals surface area contributed by atoms with E-state index in [2.05, 4.69) is 25.6 Å². The first kappa shape index (κ1) is 12.3. The first-order valence-corrected chi connectivity index (χ1v) is 5.68. The molecule has 18 heavy (non-hydrogen) atoms. The topological polar surface area (TPSA) is 83.0 Å². The van der Waals surface area contributed by atoms with Gasteiger partial charge in [-0.15, -0.1) is 0 Å². The highest BCUT2D eigenvalue weighted by Crippen LogP contribution is 2.09. The zero-order valence-corrected chi connectivity index (χ0v) is 9.87. The lowest BCUT2D eigenvalue weighted by Gasteiger charge is -2.07. The molecule has 0 aliphatic rings. The van der Waals surface area contributed by atoms with E-state index in [1.54, 1.807) is 18.5 Å². The van der Waals surface area contributed by atoms with Gasteiger partial charge in [-0.3, -0.25) is 4.98 Å². The van der Waals surface area contributed by atoms with Gasteiger partial charge in [0.1, 0.15) is 18.0 Å². The Hall–Kier alpha value is -2.21. The average molecular weight is 245 g/mol. The minimum Gasteiger partial charge on any atom is -0.395 e. The molecule has 94 valence electrons. The molecule has 2 rings (SSSR count). The number of hydrogen-bond donors (Lipinski definition) is 3. The maximum absolute atomic E-state index is 8.72. The van der Waals surface area contributed by atoms with Crippen molar-refractivity contribution in [3.63, 3.8) is 0 Å². The Bertz CT molecular complexity index is 477. The second kappa shape index (κ2) is 6.51. The Labute approximate surface area is 105 Å². The molecule has 0 fully saturated rings. The van der Waals surface area contributed by atoms with Gasteiger partial charge in [-0.05, 0) is 11.6 Å². The normalized spacial score (nSPS) is 10.1. The van der Waals surface area contributed by atoms with Gasteiger partial charge >= 0.3 is 0 Å². The summed E-state index contributed by atoms with van der Waals surface area (Å²) in [5.74, 6) is 1.42. The number of aliphatic hydroxyl groups excluding tert-OH is 1. The summed E-state index contributed by atoms with van der Waals surface area (Å²) in [7, 11) is 0. The van der Waals surface area contributed by atoms with Crippen LogP contribution in [0.3, 0.4) is 0 Å². The molecule has 0 radical (unpaired) electrons. The minimum atomic E-state index is 0.0719. The maximum Gasteiger partial charge on any atom is 0.131 e. The molecule has 2 heterocycles. The quantitative estimate of drug-likeness (QED) is 0.701. The van der Waals surface area contributed by atoms with Gasteiger partial charge < -0.3 is 15.7 Å². The Morgan fingerprint density at radius 2 is 2.00 bits per heavy atom. The van der Waals surface area contributed by atoms with Gasteiger partial charge in [-0.25, -0.2) is 9.97 Å². The first-order chi connectivity index (χ1) is 8.88. The molecule has 0 bridgehead atoms. The molecule has 0 atom stereocenters. The van der Waals surface area contributed by atoms with Crippen molar-refractivity contribution < 1.29 is 5.11 Å². The number of aliphatic hydroxyl groups is 1. The number of pyridine rings is 1. The highest BCUT2D eigenvalue weighted by Gasteiger charge is 1.98. The van der Waals surface area contributed by atoms with Crippen LogP contribution in [-0.4, -0.2) is 33.2 Å². The van der Waals surface area contributed by atoms with Crippen molar-refractivity contribution in [2.45, 2.75) is 6.54 Å². The van der Waals surface area contributed by atoms with E-state index in [1.165, 1.54) is 6.33 Å². The van der Waals surface area contributed by atoms with E-state index in [-0.39, 0.29) is 6.61 Å². The maximum atomic E-state index is 8.72. The fraction of sp³-hybridized carbons (Fsp3) is 0.250. The molecule has 0 saturated heterocycles. The second-order valence-corrected chi connectivity index (χ2v) is 3.65. The third-order valence-electron chi connectivity index (χ3n) is 2.28. The molecule has 2 aromatic rings. The van der Waals surface area contributed by atoms with Crippen molar-refractivity contribution in [3.8, 4) is 0 Å². The van der Waals surface area contributed by atoms with Crippen LogP contribution < -0.4 is 10.6 Å². The summed E-state index contributed by atoms with van der Waals surface area (Å²) in [6.07, 6.45) is 5.02. The second-order valence-electron chi connectivity index (χ2n) is 3.65. The predicted octanol–water partition coefficient (Wildman–Crippen LogP) is 0.888. The molecule has 0 unspecified atom stereocenters. The van der Waals surface area contributed by atoms with Crippen molar-refractivity contribution in [1.82, 2.24) is 15.0 Å². The van der Waals surface area contributed by atoms with Crippen molar-refractivity contribution in [2.75, 3.05) is 23.8 Å². The van der Waals surface area contributed by atoms with Gasteiger partial charge in [0.25, 0.3) is 0 Å². The summed E-state index contributed by atoms with van der Waals surface area (Å²) >= 11 is 0. The van der Waals surface area contributed by atoms with Gasteiger partial charge in [0, 0.05) is 31.5 Å². The van der Waals surface area contributed by atoms with Crippen LogP contribution in [0.4, 0.5) is 11.6 Å². The predicted molar refractivity (Wildman–Crippen MR) is 69.2 cm³/mol. The lowest BCUT2D eigenvalue weighted by atomic mass is 10.3. The summed E-state index contributed by atoms with van der Waals surface area (Å²) in [4.78, 5) is 12.2. The molecule has 3 N–H and O–H groups in total. The van der Waals surface area contributed by atoms with Crippen molar-refractivity contribution in [3.05, 3.63) is 42.5 Å². The molecular weight excluding hydrogens is 230 g/mol. The smallest absolute Gasteiger partial charge is 0.131 e. The van der Waals surface area contributed by atoms with Gasteiger partial charge in [-0.1, -0.05) is 6.07 Å². The van der Waals surface area contributed by atoms with Crippen molar-refractivity contribution in [2.24, 2.45) is 0 Å². The Balaban J connectivity index is 1.93. The number of hydrogen-bond acceptors (Lipinski definition) is 6. The molecule has 6 nitrogen and oxygen atoms in total. The average Bonchev–Trinajstić information content (AvgIpc) is 2.44. The monoisotopic (exact) mass is 245 g/mol. The van der Waals surface area contributed by atoms with Crippen LogP contribution in [0.15, 0.2) is 36.9 Å². The number of nitrogens with zero attached hydrogens (tertiary/aromatic N) is 3. The zero-order chi connectivity index (χ0) is 12.6. The van der Waals surface area contributed by atoms with Gasteiger partial charge in [0.15, 0.2) is 0 Å². The summed E-state index contributed by atoms with van der Waals surface area (Å²) in [6.45, 7) is 1.20.